The Labute approximate surface area is 88.3 Å². The van der Waals surface area contributed by atoms with Crippen LogP contribution in [0.1, 0.15) is 12.8 Å². The first-order chi connectivity index (χ1) is 6.75. The van der Waals surface area contributed by atoms with E-state index in [0.29, 0.717) is 0 Å². The second-order valence-corrected chi connectivity index (χ2v) is 4.94. The van der Waals surface area contributed by atoms with Crippen molar-refractivity contribution >= 4 is 10.1 Å². The largest absolute Gasteiger partial charge is 0.396 e. The van der Waals surface area contributed by atoms with E-state index in [9.17, 15) is 13.5 Å². The molecule has 92 valence electrons. The first kappa shape index (κ1) is 14.8. The van der Waals surface area contributed by atoms with Crippen LogP contribution in [0.25, 0.3) is 0 Å². The number of hydrogen-bond acceptors (Lipinski definition) is 6. The van der Waals surface area contributed by atoms with Gasteiger partial charge in [-0.15, -0.1) is 0 Å². The molecule has 0 aromatic rings. The van der Waals surface area contributed by atoms with Gasteiger partial charge in [0.1, 0.15) is 5.75 Å². The highest BCUT2D eigenvalue weighted by Crippen LogP contribution is 2.17. The Balaban J connectivity index is 4.61. The van der Waals surface area contributed by atoms with Crippen molar-refractivity contribution in [2.24, 2.45) is 5.73 Å². The van der Waals surface area contributed by atoms with Crippen molar-refractivity contribution in [3.63, 3.8) is 0 Å². The number of nitrogens with two attached hydrogens (primary N) is 1. The zero-order chi connectivity index (χ0) is 12.1. The maximum Gasteiger partial charge on any atom is 0.267 e. The highest BCUT2D eigenvalue weighted by atomic mass is 32.2. The molecular weight excluding hydrogens is 226 g/mol. The molecule has 0 radical (unpaired) electrons. The van der Waals surface area contributed by atoms with Crippen LogP contribution >= 0.6 is 0 Å². The van der Waals surface area contributed by atoms with Crippen LogP contribution in [0.5, 0.6) is 0 Å². The maximum atomic E-state index is 10.5. The van der Waals surface area contributed by atoms with Crippen LogP contribution in [0.4, 0.5) is 0 Å². The summed E-state index contributed by atoms with van der Waals surface area (Å²) in [5, 5.41) is 26.9. The summed E-state index contributed by atoms with van der Waals surface area (Å²) >= 11 is 0. The fraction of sp³-hybridized carbons (Fsp3) is 1.00. The Bertz CT molecular complexity index is 271. The summed E-state index contributed by atoms with van der Waals surface area (Å²) < 4.78 is 29.5. The lowest BCUT2D eigenvalue weighted by Crippen LogP contribution is -2.54. The van der Waals surface area contributed by atoms with Gasteiger partial charge < -0.3 is 21.1 Å². The van der Waals surface area contributed by atoms with Crippen LogP contribution in [0.2, 0.25) is 0 Å². The van der Waals surface area contributed by atoms with E-state index in [2.05, 4.69) is 0 Å². The molecule has 15 heavy (non-hydrogen) atoms. The van der Waals surface area contributed by atoms with Crippen LogP contribution in [0, 0.1) is 0 Å². The Morgan fingerprint density at radius 1 is 1.20 bits per heavy atom. The lowest BCUT2D eigenvalue weighted by Gasteiger charge is -2.32. The second kappa shape index (κ2) is 5.73. The molecule has 0 aromatic heterocycles. The predicted molar refractivity (Wildman–Crippen MR) is 52.7 cm³/mol. The van der Waals surface area contributed by atoms with Gasteiger partial charge in [-0.3, -0.25) is 4.55 Å². The number of rotatable bonds is 7. The average Bonchev–Trinajstić information content (AvgIpc) is 2.01. The molecule has 0 aliphatic rings. The maximum absolute atomic E-state index is 10.5. The van der Waals surface area contributed by atoms with Crippen molar-refractivity contribution in [2.75, 3.05) is 19.0 Å². The van der Waals surface area contributed by atoms with Gasteiger partial charge in [-0.1, -0.05) is 0 Å². The van der Waals surface area contributed by atoms with E-state index >= 15 is 0 Å². The molecule has 8 heteroatoms. The molecule has 0 amide bonds. The van der Waals surface area contributed by atoms with E-state index in [-0.39, 0.29) is 26.1 Å². The van der Waals surface area contributed by atoms with Crippen molar-refractivity contribution in [1.82, 2.24) is 0 Å². The third kappa shape index (κ3) is 5.40. The molecule has 0 aromatic carbocycles. The minimum absolute atomic E-state index is 0.0652. The molecule has 0 aliphatic heterocycles. The summed E-state index contributed by atoms with van der Waals surface area (Å²) in [5.41, 5.74) is 4.21. The molecule has 0 saturated heterocycles. The SMILES string of the molecule is NC(CCO)(CCO)C(O)CS(=O)(=O)O. The van der Waals surface area contributed by atoms with Gasteiger partial charge in [0, 0.05) is 18.8 Å². The van der Waals surface area contributed by atoms with E-state index in [4.69, 9.17) is 20.5 Å². The van der Waals surface area contributed by atoms with Crippen molar-refractivity contribution in [1.29, 1.82) is 0 Å². The van der Waals surface area contributed by atoms with Gasteiger partial charge in [0.25, 0.3) is 10.1 Å². The monoisotopic (exact) mass is 243 g/mol. The third-order valence-corrected chi connectivity index (χ3v) is 2.92. The summed E-state index contributed by atoms with van der Waals surface area (Å²) in [5.74, 6) is -0.913. The topological polar surface area (TPSA) is 141 Å². The first-order valence-electron chi connectivity index (χ1n) is 4.39. The van der Waals surface area contributed by atoms with Crippen LogP contribution in [0.3, 0.4) is 0 Å². The standard InChI is InChI=1S/C7H17NO6S/c8-7(1-3-9,2-4-10)6(11)5-15(12,13)14/h6,9-11H,1-5,8H2,(H,12,13,14). The third-order valence-electron chi connectivity index (χ3n) is 2.19. The van der Waals surface area contributed by atoms with Crippen LogP contribution < -0.4 is 5.73 Å². The van der Waals surface area contributed by atoms with E-state index in [1.54, 1.807) is 0 Å². The molecule has 0 spiro atoms. The molecule has 6 N–H and O–H groups in total. The van der Waals surface area contributed by atoms with Gasteiger partial charge >= 0.3 is 0 Å². The molecule has 0 rings (SSSR count). The van der Waals surface area contributed by atoms with Gasteiger partial charge in [-0.05, 0) is 12.8 Å². The molecule has 0 bridgehead atoms. The number of aliphatic hydroxyl groups excluding tert-OH is 3. The Hall–Kier alpha value is -0.250. The summed E-state index contributed by atoms with van der Waals surface area (Å²) in [6.45, 7) is -0.696. The van der Waals surface area contributed by atoms with Crippen molar-refractivity contribution in [3.05, 3.63) is 0 Å². The first-order valence-corrected chi connectivity index (χ1v) is 6.00. The molecule has 1 unspecified atom stereocenters. The zero-order valence-corrected chi connectivity index (χ0v) is 9.02. The van der Waals surface area contributed by atoms with Gasteiger partial charge in [0.05, 0.1) is 6.10 Å². The normalized spacial score (nSPS) is 15.3. The summed E-state index contributed by atoms with van der Waals surface area (Å²) in [7, 11) is -4.34. The molecule has 0 heterocycles. The van der Waals surface area contributed by atoms with Crippen molar-refractivity contribution < 1.29 is 28.3 Å². The van der Waals surface area contributed by atoms with Gasteiger partial charge in [0.15, 0.2) is 0 Å². The quantitative estimate of drug-likeness (QED) is 0.316. The Morgan fingerprint density at radius 2 is 1.60 bits per heavy atom. The summed E-state index contributed by atoms with van der Waals surface area (Å²) in [4.78, 5) is 0. The van der Waals surface area contributed by atoms with Crippen molar-refractivity contribution in [3.8, 4) is 0 Å². The minimum Gasteiger partial charge on any atom is -0.396 e. The van der Waals surface area contributed by atoms with E-state index < -0.39 is 27.5 Å². The van der Waals surface area contributed by atoms with E-state index in [1.165, 1.54) is 0 Å². The van der Waals surface area contributed by atoms with Gasteiger partial charge in [0.2, 0.25) is 0 Å². The Kier molecular flexibility index (Phi) is 5.63. The molecule has 0 saturated carbocycles. The average molecular weight is 243 g/mol. The van der Waals surface area contributed by atoms with Crippen LogP contribution in [-0.4, -0.2) is 58.9 Å². The molecular formula is C7H17NO6S. The molecule has 1 atom stereocenters. The number of aliphatic hydroxyl groups is 3. The lowest BCUT2D eigenvalue weighted by molar-refractivity contribution is 0.0625. The summed E-state index contributed by atoms with van der Waals surface area (Å²) in [6.07, 6.45) is -1.67. The highest BCUT2D eigenvalue weighted by molar-refractivity contribution is 7.85. The van der Waals surface area contributed by atoms with Crippen LogP contribution in [-0.2, 0) is 10.1 Å². The van der Waals surface area contributed by atoms with Crippen LogP contribution in [0.15, 0.2) is 0 Å². The second-order valence-electron chi connectivity index (χ2n) is 3.44. The van der Waals surface area contributed by atoms with E-state index in [0.717, 1.165) is 0 Å². The smallest absolute Gasteiger partial charge is 0.267 e. The van der Waals surface area contributed by atoms with Crippen molar-refractivity contribution in [2.45, 2.75) is 24.5 Å². The molecule has 0 aliphatic carbocycles. The van der Waals surface area contributed by atoms with Gasteiger partial charge in [-0.2, -0.15) is 8.42 Å². The predicted octanol–water partition coefficient (Wildman–Crippen LogP) is -2.30. The van der Waals surface area contributed by atoms with E-state index in [1.807, 2.05) is 0 Å². The minimum atomic E-state index is -4.34. The molecule has 7 nitrogen and oxygen atoms in total. The fourth-order valence-electron chi connectivity index (χ4n) is 1.24. The number of hydrogen-bond donors (Lipinski definition) is 5. The highest BCUT2D eigenvalue weighted by Gasteiger charge is 2.35. The zero-order valence-electron chi connectivity index (χ0n) is 8.20. The van der Waals surface area contributed by atoms with Gasteiger partial charge in [-0.25, -0.2) is 0 Å². The molecule has 0 fully saturated rings. The summed E-state index contributed by atoms with van der Waals surface area (Å²) in [6, 6.07) is 0. The fourth-order valence-corrected chi connectivity index (χ4v) is 1.97. The lowest BCUT2D eigenvalue weighted by atomic mass is 9.88. The Morgan fingerprint density at radius 3 is 1.87 bits per heavy atom.